The van der Waals surface area contributed by atoms with Crippen LogP contribution in [0.25, 0.3) is 0 Å². The third-order valence-electron chi connectivity index (χ3n) is 4.76. The zero-order chi connectivity index (χ0) is 22.8. The molecule has 168 valence electrons. The minimum Gasteiger partial charge on any atom is -0.486 e. The first-order valence-corrected chi connectivity index (χ1v) is 11.3. The number of ether oxygens (including phenoxy) is 1. The van der Waals surface area contributed by atoms with Crippen molar-refractivity contribution >= 4 is 28.8 Å². The van der Waals surface area contributed by atoms with Gasteiger partial charge in [0, 0.05) is 24.3 Å². The van der Waals surface area contributed by atoms with E-state index in [9.17, 15) is 9.59 Å². The average Bonchev–Trinajstić information content (AvgIpc) is 3.30. The van der Waals surface area contributed by atoms with E-state index >= 15 is 0 Å². The molecule has 0 radical (unpaired) electrons. The lowest BCUT2D eigenvalue weighted by Crippen LogP contribution is -2.34. The number of carbonyl (C=O) groups excluding carboxylic acids is 2. The fraction of sp³-hybridized carbons (Fsp3) is 0.304. The summed E-state index contributed by atoms with van der Waals surface area (Å²) in [4.78, 5) is 27.2. The van der Waals surface area contributed by atoms with E-state index in [1.165, 1.54) is 0 Å². The Hall–Kier alpha value is -3.30. The summed E-state index contributed by atoms with van der Waals surface area (Å²) < 4.78 is 5.64. The lowest BCUT2D eigenvalue weighted by molar-refractivity contribution is 0.0947. The highest BCUT2D eigenvalue weighted by atomic mass is 32.1. The fourth-order valence-corrected chi connectivity index (χ4v) is 3.61. The molecule has 0 saturated heterocycles. The maximum atomic E-state index is 12.5. The van der Waals surface area contributed by atoms with Crippen molar-refractivity contribution in [3.05, 3.63) is 70.2 Å². The number of aromatic nitrogens is 2. The van der Waals surface area contributed by atoms with Gasteiger partial charge < -0.3 is 20.3 Å². The SMILES string of the molecule is CCN(CC)CCNC(=O)c1cccc(NC(=O)c2nnc(COc3ccccc3)s2)c1. The van der Waals surface area contributed by atoms with E-state index in [1.54, 1.807) is 24.3 Å². The summed E-state index contributed by atoms with van der Waals surface area (Å²) in [7, 11) is 0. The number of para-hydroxylation sites is 1. The molecule has 0 spiro atoms. The van der Waals surface area contributed by atoms with Crippen molar-refractivity contribution in [2.24, 2.45) is 0 Å². The molecule has 0 fully saturated rings. The lowest BCUT2D eigenvalue weighted by Gasteiger charge is -2.18. The molecule has 3 rings (SSSR count). The number of benzene rings is 2. The molecule has 9 heteroatoms. The molecule has 0 aliphatic rings. The first-order chi connectivity index (χ1) is 15.6. The number of rotatable bonds is 11. The molecule has 2 amide bonds. The number of nitrogens with one attached hydrogen (secondary N) is 2. The topological polar surface area (TPSA) is 96.5 Å². The molecular formula is C23H27N5O3S. The Morgan fingerprint density at radius 3 is 2.53 bits per heavy atom. The van der Waals surface area contributed by atoms with Gasteiger partial charge in [-0.15, -0.1) is 10.2 Å². The lowest BCUT2D eigenvalue weighted by atomic mass is 10.2. The molecule has 0 aliphatic heterocycles. The van der Waals surface area contributed by atoms with Crippen molar-refractivity contribution in [2.45, 2.75) is 20.5 Å². The maximum Gasteiger partial charge on any atom is 0.286 e. The van der Waals surface area contributed by atoms with Gasteiger partial charge in [0.2, 0.25) is 5.01 Å². The Balaban J connectivity index is 1.53. The Bertz CT molecular complexity index is 1020. The summed E-state index contributed by atoms with van der Waals surface area (Å²) in [5.41, 5.74) is 1.00. The Kier molecular flexibility index (Phi) is 8.70. The summed E-state index contributed by atoms with van der Waals surface area (Å²) in [6.45, 7) is 7.67. The second-order valence-electron chi connectivity index (χ2n) is 6.92. The predicted octanol–water partition coefficient (Wildman–Crippen LogP) is 3.44. The highest BCUT2D eigenvalue weighted by Gasteiger charge is 2.15. The van der Waals surface area contributed by atoms with Gasteiger partial charge in [-0.05, 0) is 43.4 Å². The van der Waals surface area contributed by atoms with Gasteiger partial charge in [-0.25, -0.2) is 0 Å². The van der Waals surface area contributed by atoms with Crippen molar-refractivity contribution in [3.63, 3.8) is 0 Å². The Labute approximate surface area is 191 Å². The van der Waals surface area contributed by atoms with Crippen LogP contribution >= 0.6 is 11.3 Å². The second kappa shape index (κ2) is 11.9. The first kappa shape index (κ1) is 23.4. The van der Waals surface area contributed by atoms with Crippen LogP contribution in [0, 0.1) is 0 Å². The minimum atomic E-state index is -0.382. The molecule has 0 atom stereocenters. The van der Waals surface area contributed by atoms with Crippen molar-refractivity contribution in [3.8, 4) is 5.75 Å². The maximum absolute atomic E-state index is 12.5. The quantitative estimate of drug-likeness (QED) is 0.462. The molecule has 0 saturated carbocycles. The molecule has 1 heterocycles. The molecule has 1 aromatic heterocycles. The molecule has 0 bridgehead atoms. The van der Waals surface area contributed by atoms with Gasteiger partial charge in [0.05, 0.1) is 0 Å². The highest BCUT2D eigenvalue weighted by Crippen LogP contribution is 2.17. The van der Waals surface area contributed by atoms with E-state index in [4.69, 9.17) is 4.74 Å². The van der Waals surface area contributed by atoms with E-state index in [1.807, 2.05) is 30.3 Å². The van der Waals surface area contributed by atoms with E-state index in [0.29, 0.717) is 22.8 Å². The van der Waals surface area contributed by atoms with E-state index < -0.39 is 0 Å². The Morgan fingerprint density at radius 1 is 1.00 bits per heavy atom. The van der Waals surface area contributed by atoms with Crippen LogP contribution in [0.4, 0.5) is 5.69 Å². The molecule has 3 aromatic rings. The smallest absolute Gasteiger partial charge is 0.286 e. The third-order valence-corrected chi connectivity index (χ3v) is 5.65. The van der Waals surface area contributed by atoms with Crippen LogP contribution in [-0.2, 0) is 6.61 Å². The van der Waals surface area contributed by atoms with Gasteiger partial charge >= 0.3 is 0 Å². The number of likely N-dealkylation sites (N-methyl/N-ethyl adjacent to an activating group) is 1. The van der Waals surface area contributed by atoms with Gasteiger partial charge in [-0.1, -0.05) is 49.4 Å². The molecule has 2 N–H and O–H groups in total. The number of hydrogen-bond acceptors (Lipinski definition) is 7. The average molecular weight is 454 g/mol. The number of hydrogen-bond donors (Lipinski definition) is 2. The van der Waals surface area contributed by atoms with Crippen LogP contribution < -0.4 is 15.4 Å². The zero-order valence-electron chi connectivity index (χ0n) is 18.2. The third kappa shape index (κ3) is 6.86. The summed E-state index contributed by atoms with van der Waals surface area (Å²) in [6, 6.07) is 16.2. The summed E-state index contributed by atoms with van der Waals surface area (Å²) in [5, 5.41) is 14.5. The van der Waals surface area contributed by atoms with Gasteiger partial charge in [0.25, 0.3) is 11.8 Å². The van der Waals surface area contributed by atoms with Crippen LogP contribution in [-0.4, -0.2) is 53.1 Å². The molecule has 32 heavy (non-hydrogen) atoms. The number of carbonyl (C=O) groups is 2. The normalized spacial score (nSPS) is 10.7. The second-order valence-corrected chi connectivity index (χ2v) is 7.98. The highest BCUT2D eigenvalue weighted by molar-refractivity contribution is 7.13. The molecular weight excluding hydrogens is 426 g/mol. The zero-order valence-corrected chi connectivity index (χ0v) is 19.0. The van der Waals surface area contributed by atoms with Crippen molar-refractivity contribution in [1.82, 2.24) is 20.4 Å². The monoisotopic (exact) mass is 453 g/mol. The van der Waals surface area contributed by atoms with Crippen molar-refractivity contribution in [2.75, 3.05) is 31.5 Å². The summed E-state index contributed by atoms with van der Waals surface area (Å²) in [6.07, 6.45) is 0. The summed E-state index contributed by atoms with van der Waals surface area (Å²) in [5.74, 6) is 0.165. The predicted molar refractivity (Wildman–Crippen MR) is 125 cm³/mol. The van der Waals surface area contributed by atoms with Crippen LogP contribution in [0.3, 0.4) is 0 Å². The van der Waals surface area contributed by atoms with Crippen LogP contribution in [0.5, 0.6) is 5.75 Å². The summed E-state index contributed by atoms with van der Waals surface area (Å²) >= 11 is 1.16. The van der Waals surface area contributed by atoms with E-state index in [0.717, 1.165) is 36.7 Å². The Morgan fingerprint density at radius 2 is 1.78 bits per heavy atom. The minimum absolute atomic E-state index is 0.176. The molecule has 2 aromatic carbocycles. The first-order valence-electron chi connectivity index (χ1n) is 10.5. The number of anilines is 1. The number of amides is 2. The van der Waals surface area contributed by atoms with E-state index in [2.05, 4.69) is 39.6 Å². The molecule has 0 aliphatic carbocycles. The standard InChI is InChI=1S/C23H27N5O3S/c1-3-28(4-2)14-13-24-21(29)17-9-8-10-18(15-17)25-22(30)23-27-26-20(32-23)16-31-19-11-6-5-7-12-19/h5-12,15H,3-4,13-14,16H2,1-2H3,(H,24,29)(H,25,30). The van der Waals surface area contributed by atoms with Crippen LogP contribution in [0.15, 0.2) is 54.6 Å². The molecule has 0 unspecified atom stereocenters. The largest absolute Gasteiger partial charge is 0.486 e. The van der Waals surface area contributed by atoms with Crippen LogP contribution in [0.1, 0.15) is 39.0 Å². The van der Waals surface area contributed by atoms with Gasteiger partial charge in [0.15, 0.2) is 5.01 Å². The van der Waals surface area contributed by atoms with Crippen molar-refractivity contribution in [1.29, 1.82) is 0 Å². The van der Waals surface area contributed by atoms with Gasteiger partial charge in [0.1, 0.15) is 12.4 Å². The van der Waals surface area contributed by atoms with Crippen molar-refractivity contribution < 1.29 is 14.3 Å². The van der Waals surface area contributed by atoms with Crippen LogP contribution in [0.2, 0.25) is 0 Å². The molecule has 8 nitrogen and oxygen atoms in total. The van der Waals surface area contributed by atoms with E-state index in [-0.39, 0.29) is 23.4 Å². The fourth-order valence-electron chi connectivity index (χ4n) is 2.96. The number of nitrogens with zero attached hydrogens (tertiary/aromatic N) is 3. The van der Waals surface area contributed by atoms with Gasteiger partial charge in [-0.2, -0.15) is 0 Å². The van der Waals surface area contributed by atoms with Gasteiger partial charge in [-0.3, -0.25) is 9.59 Å².